The number of hydrogen-bond acceptors (Lipinski definition) is 2. The molecule has 0 aliphatic rings. The fourth-order valence-corrected chi connectivity index (χ4v) is 1.19. The van der Waals surface area contributed by atoms with Gasteiger partial charge in [0.05, 0.1) is 0 Å². The van der Waals surface area contributed by atoms with Crippen molar-refractivity contribution in [1.82, 2.24) is 4.98 Å². The van der Waals surface area contributed by atoms with E-state index in [2.05, 4.69) is 4.98 Å². The summed E-state index contributed by atoms with van der Waals surface area (Å²) in [6.45, 7) is 3.66. The Labute approximate surface area is 75.2 Å². The summed E-state index contributed by atoms with van der Waals surface area (Å²) < 4.78 is 0. The summed E-state index contributed by atoms with van der Waals surface area (Å²) in [5.74, 6) is -1.18. The molecule has 1 rings (SSSR count). The largest absolute Gasteiger partial charge is 0.477 e. The number of aryl methyl sites for hydroxylation is 2. The van der Waals surface area contributed by atoms with Crippen molar-refractivity contribution in [2.75, 3.05) is 0 Å². The second kappa shape index (κ2) is 3.43. The number of carboxylic acids is 1. The Morgan fingerprint density at radius 3 is 2.69 bits per heavy atom. The van der Waals surface area contributed by atoms with Gasteiger partial charge in [-0.05, 0) is 25.0 Å². The molecule has 0 aliphatic heterocycles. The number of hydrogen-bond donors (Lipinski definition) is 2. The summed E-state index contributed by atoms with van der Waals surface area (Å²) in [5.41, 5.74) is 0.860. The highest BCUT2D eigenvalue weighted by Gasteiger charge is 2.10. The topological polar surface area (TPSA) is 70.2 Å². The first-order chi connectivity index (χ1) is 6.06. The van der Waals surface area contributed by atoms with E-state index in [4.69, 9.17) is 5.11 Å². The Kier molecular flexibility index (Phi) is 2.51. The minimum absolute atomic E-state index is 0.192. The Hall–Kier alpha value is -1.58. The smallest absolute Gasteiger partial charge is 0.341 e. The summed E-state index contributed by atoms with van der Waals surface area (Å²) in [6, 6.07) is 1.43. The van der Waals surface area contributed by atoms with Crippen LogP contribution in [-0.2, 0) is 6.42 Å². The van der Waals surface area contributed by atoms with Gasteiger partial charge in [0.1, 0.15) is 5.56 Å². The molecule has 1 heterocycles. The molecule has 13 heavy (non-hydrogen) atoms. The lowest BCUT2D eigenvalue weighted by atomic mass is 10.1. The molecule has 0 bridgehead atoms. The van der Waals surface area contributed by atoms with Crippen molar-refractivity contribution in [1.29, 1.82) is 0 Å². The highest BCUT2D eigenvalue weighted by atomic mass is 16.4. The maximum absolute atomic E-state index is 11.1. The van der Waals surface area contributed by atoms with Gasteiger partial charge < -0.3 is 10.1 Å². The predicted octanol–water partition coefficient (Wildman–Crippen LogP) is 0.944. The molecule has 0 saturated heterocycles. The van der Waals surface area contributed by atoms with Crippen LogP contribution in [0.4, 0.5) is 0 Å². The quantitative estimate of drug-likeness (QED) is 0.713. The third-order valence-electron chi connectivity index (χ3n) is 1.96. The molecule has 0 aliphatic carbocycles. The van der Waals surface area contributed by atoms with Crippen molar-refractivity contribution in [3.8, 4) is 0 Å². The summed E-state index contributed by atoms with van der Waals surface area (Å²) in [5, 5.41) is 8.66. The van der Waals surface area contributed by atoms with Gasteiger partial charge in [0.15, 0.2) is 0 Å². The van der Waals surface area contributed by atoms with Crippen LogP contribution in [0.25, 0.3) is 0 Å². The van der Waals surface area contributed by atoms with Crippen LogP contribution in [0.3, 0.4) is 0 Å². The van der Waals surface area contributed by atoms with Crippen LogP contribution in [-0.4, -0.2) is 16.1 Å². The third-order valence-corrected chi connectivity index (χ3v) is 1.96. The summed E-state index contributed by atoms with van der Waals surface area (Å²) >= 11 is 0. The van der Waals surface area contributed by atoms with Gasteiger partial charge in [-0.3, -0.25) is 4.79 Å². The molecule has 4 heteroatoms. The maximum Gasteiger partial charge on any atom is 0.341 e. The van der Waals surface area contributed by atoms with Crippen LogP contribution in [0.1, 0.15) is 28.5 Å². The summed E-state index contributed by atoms with van der Waals surface area (Å²) in [7, 11) is 0. The first-order valence-electron chi connectivity index (χ1n) is 4.02. The van der Waals surface area contributed by atoms with Crippen molar-refractivity contribution >= 4 is 5.97 Å². The molecule has 0 fully saturated rings. The molecular formula is C9H11NO3. The number of carbonyl (C=O) groups is 1. The van der Waals surface area contributed by atoms with Crippen LogP contribution in [0.15, 0.2) is 10.9 Å². The van der Waals surface area contributed by atoms with E-state index in [-0.39, 0.29) is 5.56 Å². The van der Waals surface area contributed by atoms with Gasteiger partial charge >= 0.3 is 5.97 Å². The van der Waals surface area contributed by atoms with Gasteiger partial charge in [0, 0.05) is 5.69 Å². The highest BCUT2D eigenvalue weighted by molar-refractivity contribution is 5.87. The zero-order valence-electron chi connectivity index (χ0n) is 7.55. The molecular weight excluding hydrogens is 170 g/mol. The molecule has 70 valence electrons. The van der Waals surface area contributed by atoms with Crippen LogP contribution in [0.5, 0.6) is 0 Å². The van der Waals surface area contributed by atoms with Crippen molar-refractivity contribution in [3.05, 3.63) is 33.2 Å². The van der Waals surface area contributed by atoms with Gasteiger partial charge in [-0.1, -0.05) is 6.92 Å². The lowest BCUT2D eigenvalue weighted by molar-refractivity contribution is 0.0695. The van der Waals surface area contributed by atoms with Crippen LogP contribution in [0.2, 0.25) is 0 Å². The van der Waals surface area contributed by atoms with Gasteiger partial charge in [-0.15, -0.1) is 0 Å². The predicted molar refractivity (Wildman–Crippen MR) is 48.1 cm³/mol. The van der Waals surface area contributed by atoms with E-state index in [1.807, 2.05) is 6.92 Å². The van der Waals surface area contributed by atoms with E-state index in [0.717, 1.165) is 11.3 Å². The molecule has 0 unspecified atom stereocenters. The van der Waals surface area contributed by atoms with Crippen molar-refractivity contribution in [2.24, 2.45) is 0 Å². The highest BCUT2D eigenvalue weighted by Crippen LogP contribution is 2.05. The second-order valence-electron chi connectivity index (χ2n) is 2.82. The minimum atomic E-state index is -1.18. The van der Waals surface area contributed by atoms with E-state index in [9.17, 15) is 9.59 Å². The van der Waals surface area contributed by atoms with Gasteiger partial charge in [-0.2, -0.15) is 0 Å². The van der Waals surface area contributed by atoms with Gasteiger partial charge in [-0.25, -0.2) is 4.79 Å². The van der Waals surface area contributed by atoms with Crippen LogP contribution < -0.4 is 5.56 Å². The van der Waals surface area contributed by atoms with Gasteiger partial charge in [0.2, 0.25) is 0 Å². The molecule has 0 spiro atoms. The Bertz CT molecular complexity index is 392. The van der Waals surface area contributed by atoms with E-state index in [1.54, 1.807) is 6.92 Å². The van der Waals surface area contributed by atoms with Crippen molar-refractivity contribution in [2.45, 2.75) is 20.3 Å². The van der Waals surface area contributed by atoms with E-state index in [1.165, 1.54) is 6.07 Å². The van der Waals surface area contributed by atoms with E-state index < -0.39 is 11.5 Å². The first kappa shape index (κ1) is 9.51. The lowest BCUT2D eigenvalue weighted by Gasteiger charge is -2.02. The molecule has 0 radical (unpaired) electrons. The number of aromatic amines is 1. The van der Waals surface area contributed by atoms with Crippen molar-refractivity contribution in [3.63, 3.8) is 0 Å². The Balaban J connectivity index is 3.39. The number of rotatable bonds is 2. The number of aromatic nitrogens is 1. The monoisotopic (exact) mass is 181 g/mol. The molecule has 1 aromatic rings. The van der Waals surface area contributed by atoms with Crippen LogP contribution >= 0.6 is 0 Å². The molecule has 4 nitrogen and oxygen atoms in total. The number of aromatic carboxylic acids is 1. The molecule has 0 amide bonds. The van der Waals surface area contributed by atoms with Gasteiger partial charge in [0.25, 0.3) is 5.56 Å². The SMILES string of the molecule is CCc1cc(C(=O)O)c(=O)[nH]c1C. The molecule has 0 aromatic carbocycles. The van der Waals surface area contributed by atoms with E-state index in [0.29, 0.717) is 6.42 Å². The number of H-pyrrole nitrogens is 1. The zero-order chi connectivity index (χ0) is 10.0. The minimum Gasteiger partial charge on any atom is -0.477 e. The Morgan fingerprint density at radius 1 is 1.62 bits per heavy atom. The Morgan fingerprint density at radius 2 is 2.23 bits per heavy atom. The molecule has 1 aromatic heterocycles. The number of nitrogens with one attached hydrogen (secondary N) is 1. The molecule has 0 saturated carbocycles. The molecule has 0 atom stereocenters. The van der Waals surface area contributed by atoms with E-state index >= 15 is 0 Å². The lowest BCUT2D eigenvalue weighted by Crippen LogP contribution is -2.19. The maximum atomic E-state index is 11.1. The average molecular weight is 181 g/mol. The molecule has 2 N–H and O–H groups in total. The fourth-order valence-electron chi connectivity index (χ4n) is 1.19. The fraction of sp³-hybridized carbons (Fsp3) is 0.333. The third kappa shape index (κ3) is 1.77. The normalized spacial score (nSPS) is 10.0. The number of pyridine rings is 1. The average Bonchev–Trinajstić information content (AvgIpc) is 2.03. The van der Waals surface area contributed by atoms with Crippen molar-refractivity contribution < 1.29 is 9.90 Å². The zero-order valence-corrected chi connectivity index (χ0v) is 7.55. The van der Waals surface area contributed by atoms with Crippen LogP contribution in [0, 0.1) is 6.92 Å². The second-order valence-corrected chi connectivity index (χ2v) is 2.82. The summed E-state index contributed by atoms with van der Waals surface area (Å²) in [6.07, 6.45) is 0.711. The number of carboxylic acid groups (broad SMARTS) is 1. The first-order valence-corrected chi connectivity index (χ1v) is 4.02. The summed E-state index contributed by atoms with van der Waals surface area (Å²) in [4.78, 5) is 24.2. The standard InChI is InChI=1S/C9H11NO3/c1-3-6-4-7(9(12)13)8(11)10-5(6)2/h4H,3H2,1-2H3,(H,10,11)(H,12,13).